The zero-order chi connectivity index (χ0) is 46.2. The number of benzene rings is 9. The predicted octanol–water partition coefficient (Wildman–Crippen LogP) is 17.6. The summed E-state index contributed by atoms with van der Waals surface area (Å²) in [7, 11) is -1.87. The van der Waals surface area contributed by atoms with Gasteiger partial charge in [0.1, 0.15) is 5.52 Å². The largest absolute Gasteiger partial charge is 0.309 e. The number of hydrogen-bond donors (Lipinski definition) is 0. The Morgan fingerprint density at radius 2 is 0.900 bits per heavy atom. The van der Waals surface area contributed by atoms with Gasteiger partial charge in [0.05, 0.1) is 33.3 Å². The van der Waals surface area contributed by atoms with Gasteiger partial charge in [0.2, 0.25) is 0 Å². The fourth-order valence-corrected chi connectivity index (χ4v) is 15.5. The minimum Gasteiger partial charge on any atom is -0.309 e. The second-order valence-corrected chi connectivity index (χ2v) is 21.3. The SMILES string of the molecule is c1ccc2c3ccccc3n(-c3ccccc3C3=C(n4c5ccccc5c5cc(-n6c7ccccc7c7cc(S(c8ccccc8)(c8ccccc8)c8ccccc8)ccc76)ccc54)C=CCC3)c2c#1. The molecule has 0 amide bonds. The number of aromatic nitrogens is 3. The van der Waals surface area contributed by atoms with Crippen molar-refractivity contribution < 1.29 is 0 Å². The van der Waals surface area contributed by atoms with E-state index in [4.69, 9.17) is 0 Å². The van der Waals surface area contributed by atoms with E-state index >= 15 is 0 Å². The molecule has 4 heteroatoms. The number of nitrogens with zero attached hydrogens (tertiary/aromatic N) is 3. The Balaban J connectivity index is 0.975. The molecule has 10 aromatic carbocycles. The van der Waals surface area contributed by atoms with Gasteiger partial charge in [-0.2, -0.15) is 0 Å². The molecular weight excluding hydrogens is 867 g/mol. The molecule has 0 atom stereocenters. The highest BCUT2D eigenvalue weighted by Gasteiger charge is 2.34. The van der Waals surface area contributed by atoms with Crippen LogP contribution in [0.25, 0.3) is 88.1 Å². The van der Waals surface area contributed by atoms with Crippen molar-refractivity contribution >= 4 is 86.7 Å². The first kappa shape index (κ1) is 40.3. The summed E-state index contributed by atoms with van der Waals surface area (Å²) in [5.74, 6) is 0. The van der Waals surface area contributed by atoms with E-state index in [1.165, 1.54) is 96.3 Å². The maximum absolute atomic E-state index is 3.49. The van der Waals surface area contributed by atoms with Crippen molar-refractivity contribution in [2.24, 2.45) is 0 Å². The minimum atomic E-state index is -1.87. The van der Waals surface area contributed by atoms with Crippen LogP contribution in [0.3, 0.4) is 0 Å². The number of para-hydroxylation sites is 4. The van der Waals surface area contributed by atoms with Gasteiger partial charge >= 0.3 is 0 Å². The Labute approximate surface area is 408 Å². The lowest BCUT2D eigenvalue weighted by molar-refractivity contribution is 1.03. The number of allylic oxidation sites excluding steroid dienone is 4. The normalized spacial score (nSPS) is 13.3. The van der Waals surface area contributed by atoms with Gasteiger partial charge in [0, 0.05) is 68.8 Å². The Morgan fingerprint density at radius 3 is 1.57 bits per heavy atom. The van der Waals surface area contributed by atoms with Gasteiger partial charge in [-0.15, -0.1) is 10.0 Å². The highest BCUT2D eigenvalue weighted by Crippen LogP contribution is 2.73. The summed E-state index contributed by atoms with van der Waals surface area (Å²) in [6.45, 7) is 0. The summed E-state index contributed by atoms with van der Waals surface area (Å²) in [4.78, 5) is 5.26. The molecule has 0 bridgehead atoms. The molecule has 0 saturated carbocycles. The van der Waals surface area contributed by atoms with Gasteiger partial charge in [0.15, 0.2) is 0 Å². The number of fused-ring (bicyclic) bond motifs is 9. The molecule has 0 aliphatic heterocycles. The van der Waals surface area contributed by atoms with Crippen LogP contribution in [0.15, 0.2) is 268 Å². The van der Waals surface area contributed by atoms with Gasteiger partial charge in [-0.25, -0.2) is 0 Å². The zero-order valence-electron chi connectivity index (χ0n) is 38.3. The summed E-state index contributed by atoms with van der Waals surface area (Å²) < 4.78 is 7.38. The van der Waals surface area contributed by atoms with Gasteiger partial charge in [-0.1, -0.05) is 140 Å². The van der Waals surface area contributed by atoms with Gasteiger partial charge < -0.3 is 13.7 Å². The van der Waals surface area contributed by atoms with Gasteiger partial charge in [-0.05, 0) is 140 Å². The molecule has 3 aromatic heterocycles. The van der Waals surface area contributed by atoms with Crippen LogP contribution < -0.4 is 0 Å². The van der Waals surface area contributed by atoms with Crippen molar-refractivity contribution in [2.45, 2.75) is 32.4 Å². The van der Waals surface area contributed by atoms with E-state index in [0.29, 0.717) is 0 Å². The van der Waals surface area contributed by atoms with Crippen LogP contribution in [-0.4, -0.2) is 13.7 Å². The van der Waals surface area contributed by atoms with E-state index in [2.05, 4.69) is 269 Å². The molecule has 330 valence electrons. The van der Waals surface area contributed by atoms with Gasteiger partial charge in [0.25, 0.3) is 0 Å². The fourth-order valence-electron chi connectivity index (χ4n) is 11.6. The highest BCUT2D eigenvalue weighted by molar-refractivity contribution is 8.34. The van der Waals surface area contributed by atoms with Crippen LogP contribution in [0.2, 0.25) is 0 Å². The monoisotopic (exact) mass is 911 g/mol. The zero-order valence-corrected chi connectivity index (χ0v) is 39.2. The predicted molar refractivity (Wildman–Crippen MR) is 294 cm³/mol. The molecule has 3 heterocycles. The van der Waals surface area contributed by atoms with Crippen LogP contribution >= 0.6 is 10.0 Å². The lowest BCUT2D eigenvalue weighted by atomic mass is 9.93. The molecule has 0 N–H and O–H groups in total. The quantitative estimate of drug-likeness (QED) is 0.144. The fraction of sp³-hybridized carbons (Fsp3) is 0.0303. The third-order valence-corrected chi connectivity index (χ3v) is 18.4. The van der Waals surface area contributed by atoms with E-state index in [1.54, 1.807) is 0 Å². The van der Waals surface area contributed by atoms with E-state index < -0.39 is 10.0 Å². The second-order valence-electron chi connectivity index (χ2n) is 18.2. The molecule has 0 spiro atoms. The summed E-state index contributed by atoms with van der Waals surface area (Å²) in [5, 5.41) is 7.35. The minimum absolute atomic E-state index is 0.924. The van der Waals surface area contributed by atoms with E-state index in [0.717, 1.165) is 29.7 Å². The van der Waals surface area contributed by atoms with Crippen molar-refractivity contribution in [2.75, 3.05) is 0 Å². The molecule has 70 heavy (non-hydrogen) atoms. The molecule has 0 fully saturated rings. The highest BCUT2D eigenvalue weighted by atomic mass is 32.3. The summed E-state index contributed by atoms with van der Waals surface area (Å²) in [5.41, 5.74) is 13.0. The van der Waals surface area contributed by atoms with Crippen molar-refractivity contribution in [3.8, 4) is 11.4 Å². The molecule has 0 radical (unpaired) electrons. The third-order valence-electron chi connectivity index (χ3n) is 14.5. The molecule has 0 unspecified atom stereocenters. The third kappa shape index (κ3) is 5.99. The van der Waals surface area contributed by atoms with Crippen LogP contribution in [-0.2, 0) is 0 Å². The van der Waals surface area contributed by atoms with E-state index in [9.17, 15) is 0 Å². The summed E-state index contributed by atoms with van der Waals surface area (Å²) in [6.07, 6.45) is 6.60. The van der Waals surface area contributed by atoms with Gasteiger partial charge in [-0.3, -0.25) is 0 Å². The number of rotatable bonds is 8. The first-order chi connectivity index (χ1) is 34.8. The number of hydrogen-bond acceptors (Lipinski definition) is 0. The molecule has 1 aliphatic carbocycles. The molecule has 3 nitrogen and oxygen atoms in total. The van der Waals surface area contributed by atoms with Crippen LogP contribution in [0.1, 0.15) is 18.4 Å². The Hall–Kier alpha value is -8.75. The molecule has 0 saturated heterocycles. The summed E-state index contributed by atoms with van der Waals surface area (Å²) in [6, 6.07) is 94.2. The smallest absolute Gasteiger partial charge is 0.105 e. The topological polar surface area (TPSA) is 14.8 Å². The maximum atomic E-state index is 3.49. The average molecular weight is 912 g/mol. The summed E-state index contributed by atoms with van der Waals surface area (Å²) >= 11 is 0. The van der Waals surface area contributed by atoms with E-state index in [1.807, 2.05) is 6.07 Å². The van der Waals surface area contributed by atoms with Crippen molar-refractivity contribution in [3.63, 3.8) is 0 Å². The standard InChI is InChI=1S/C66H45N3S/c1-4-22-47(23-5-1)70(48-24-6-2-7-25-48,49-26-8-3-9-27-49)50-41-43-65-58(45-50)56-33-14-16-34-59(56)67(65)46-40-42-66-57(44-46)55-32-15-21-39-64(55)69(66)63-38-20-13-31-54(63)53-30-12-19-37-62(53)68-60-35-17-10-28-51(60)52-29-11-18-36-61(52)68/h1-12,14-17,19-30,32-35,37-45H,13,31H2. The van der Waals surface area contributed by atoms with Crippen LogP contribution in [0.4, 0.5) is 0 Å². The second kappa shape index (κ2) is 16.2. The van der Waals surface area contributed by atoms with E-state index in [-0.39, 0.29) is 0 Å². The Bertz CT molecular complexity index is 4080. The molecule has 14 rings (SSSR count). The lowest BCUT2D eigenvalue weighted by Gasteiger charge is -2.42. The molecular formula is C66H45N3S. The van der Waals surface area contributed by atoms with Crippen molar-refractivity contribution in [1.82, 2.24) is 13.7 Å². The lowest BCUT2D eigenvalue weighted by Crippen LogP contribution is -2.06. The first-order valence-electron chi connectivity index (χ1n) is 24.1. The average Bonchev–Trinajstić information content (AvgIpc) is 4.07. The van der Waals surface area contributed by atoms with Crippen molar-refractivity contribution in [3.05, 3.63) is 266 Å². The Kier molecular flexibility index (Phi) is 9.34. The van der Waals surface area contributed by atoms with Crippen LogP contribution in [0, 0.1) is 12.1 Å². The van der Waals surface area contributed by atoms with Crippen LogP contribution in [0.5, 0.6) is 0 Å². The molecule has 1 aliphatic rings. The van der Waals surface area contributed by atoms with Crippen molar-refractivity contribution in [1.29, 1.82) is 0 Å². The Morgan fingerprint density at radius 1 is 0.386 bits per heavy atom. The molecule has 13 aromatic rings. The first-order valence-corrected chi connectivity index (χ1v) is 25.8. The maximum Gasteiger partial charge on any atom is 0.105 e.